The van der Waals surface area contributed by atoms with Crippen LogP contribution >= 0.6 is 11.8 Å². The van der Waals surface area contributed by atoms with Crippen molar-refractivity contribution in [2.75, 3.05) is 12.0 Å². The molecule has 0 amide bonds. The molecule has 0 radical (unpaired) electrons. The van der Waals surface area contributed by atoms with E-state index in [4.69, 9.17) is 11.5 Å². The molecule has 84 valence electrons. The molecule has 4 N–H and O–H groups in total. The molecule has 1 aliphatic carbocycles. The van der Waals surface area contributed by atoms with Crippen LogP contribution in [0, 0.1) is 0 Å². The maximum atomic E-state index is 5.53. The Morgan fingerprint density at radius 3 is 2.13 bits per heavy atom. The Morgan fingerprint density at radius 2 is 1.80 bits per heavy atom. The lowest BCUT2D eigenvalue weighted by Crippen LogP contribution is -2.13. The Bertz CT molecular complexity index is 269. The second kappa shape index (κ2) is 6.63. The zero-order valence-corrected chi connectivity index (χ0v) is 9.83. The largest absolute Gasteiger partial charge is 0.368 e. The molecule has 1 saturated carbocycles. The Labute approximate surface area is 94.9 Å². The van der Waals surface area contributed by atoms with Gasteiger partial charge in [0.15, 0.2) is 0 Å². The second-order valence-electron chi connectivity index (χ2n) is 3.53. The Morgan fingerprint density at radius 1 is 1.27 bits per heavy atom. The monoisotopic (exact) mass is 226 g/mol. The lowest BCUT2D eigenvalue weighted by atomic mass is 10.3. The van der Waals surface area contributed by atoms with Gasteiger partial charge >= 0.3 is 0 Å². The van der Waals surface area contributed by atoms with Crippen molar-refractivity contribution in [2.24, 2.45) is 5.73 Å². The molecule has 1 heterocycles. The van der Waals surface area contributed by atoms with Gasteiger partial charge in [-0.15, -0.1) is 11.8 Å². The number of aromatic nitrogens is 2. The third-order valence-electron chi connectivity index (χ3n) is 2.28. The molecule has 0 saturated heterocycles. The summed E-state index contributed by atoms with van der Waals surface area (Å²) in [6, 6.07) is 0.546. The Kier molecular flexibility index (Phi) is 5.42. The molecule has 2 rings (SSSR count). The summed E-state index contributed by atoms with van der Waals surface area (Å²) in [6.45, 7) is 0. The first-order valence-corrected chi connectivity index (χ1v) is 6.32. The van der Waals surface area contributed by atoms with Gasteiger partial charge in [0.1, 0.15) is 0 Å². The predicted molar refractivity (Wildman–Crippen MR) is 64.7 cm³/mol. The van der Waals surface area contributed by atoms with Crippen LogP contribution in [0.25, 0.3) is 0 Å². The van der Waals surface area contributed by atoms with Crippen LogP contribution in [0.2, 0.25) is 0 Å². The van der Waals surface area contributed by atoms with Crippen LogP contribution in [0.1, 0.15) is 25.7 Å². The molecule has 0 aromatic carbocycles. The average Bonchev–Trinajstić information content (AvgIpc) is 2.71. The molecule has 1 aliphatic rings. The van der Waals surface area contributed by atoms with E-state index in [2.05, 4.69) is 9.97 Å². The van der Waals surface area contributed by atoms with Crippen LogP contribution in [0.4, 0.5) is 5.95 Å². The molecular weight excluding hydrogens is 208 g/mol. The number of hydrogen-bond donors (Lipinski definition) is 2. The minimum Gasteiger partial charge on any atom is -0.368 e. The summed E-state index contributed by atoms with van der Waals surface area (Å²) < 4.78 is 0. The third kappa shape index (κ3) is 4.99. The fraction of sp³-hybridized carbons (Fsp3) is 0.600. The van der Waals surface area contributed by atoms with Crippen LogP contribution < -0.4 is 11.5 Å². The molecule has 0 atom stereocenters. The number of nitrogens with zero attached hydrogens (tertiary/aromatic N) is 2. The molecule has 1 aromatic rings. The standard InChI is InChI=1S/C5H7N3S.C5H11N/c1-9-4-2-7-5(6)8-3-4;6-5-3-1-2-4-5/h2-3H,1H3,(H2,6,7,8);5H,1-4,6H2. The first kappa shape index (κ1) is 12.3. The smallest absolute Gasteiger partial charge is 0.219 e. The lowest BCUT2D eigenvalue weighted by Gasteiger charge is -1.92. The first-order chi connectivity index (χ1) is 7.22. The number of hydrogen-bond acceptors (Lipinski definition) is 5. The summed E-state index contributed by atoms with van der Waals surface area (Å²) in [5, 5.41) is 0. The van der Waals surface area contributed by atoms with Crippen molar-refractivity contribution < 1.29 is 0 Å². The maximum Gasteiger partial charge on any atom is 0.219 e. The molecule has 1 fully saturated rings. The van der Waals surface area contributed by atoms with Crippen molar-refractivity contribution in [2.45, 2.75) is 36.6 Å². The number of nitrogen functional groups attached to an aromatic ring is 1. The second-order valence-corrected chi connectivity index (χ2v) is 4.41. The highest BCUT2D eigenvalue weighted by Crippen LogP contribution is 2.14. The maximum absolute atomic E-state index is 5.53. The Balaban J connectivity index is 0.000000162. The van der Waals surface area contributed by atoms with E-state index >= 15 is 0 Å². The first-order valence-electron chi connectivity index (χ1n) is 5.09. The van der Waals surface area contributed by atoms with Crippen molar-refractivity contribution in [1.82, 2.24) is 9.97 Å². The number of rotatable bonds is 1. The van der Waals surface area contributed by atoms with E-state index in [-0.39, 0.29) is 0 Å². The van der Waals surface area contributed by atoms with Crippen molar-refractivity contribution >= 4 is 17.7 Å². The molecule has 15 heavy (non-hydrogen) atoms. The van der Waals surface area contributed by atoms with E-state index < -0.39 is 0 Å². The van der Waals surface area contributed by atoms with E-state index in [0.717, 1.165) is 4.90 Å². The Hall–Kier alpha value is -0.810. The van der Waals surface area contributed by atoms with E-state index in [0.29, 0.717) is 12.0 Å². The summed E-state index contributed by atoms with van der Waals surface area (Å²) in [7, 11) is 0. The van der Waals surface area contributed by atoms with Gasteiger partial charge in [-0.1, -0.05) is 12.8 Å². The van der Waals surface area contributed by atoms with Crippen LogP contribution in [-0.2, 0) is 0 Å². The minimum atomic E-state index is 0.327. The summed E-state index contributed by atoms with van der Waals surface area (Å²) in [5.41, 5.74) is 10.8. The highest BCUT2D eigenvalue weighted by atomic mass is 32.2. The molecule has 5 heteroatoms. The van der Waals surface area contributed by atoms with Crippen molar-refractivity contribution in [3.05, 3.63) is 12.4 Å². The van der Waals surface area contributed by atoms with Gasteiger partial charge in [0.05, 0.1) is 0 Å². The lowest BCUT2D eigenvalue weighted by molar-refractivity contribution is 0.704. The number of nitrogens with two attached hydrogens (primary N) is 2. The fourth-order valence-corrected chi connectivity index (χ4v) is 1.71. The van der Waals surface area contributed by atoms with Gasteiger partial charge in [-0.05, 0) is 19.1 Å². The number of thioether (sulfide) groups is 1. The number of anilines is 1. The molecule has 0 unspecified atom stereocenters. The molecule has 0 spiro atoms. The van der Waals surface area contributed by atoms with Gasteiger partial charge in [-0.2, -0.15) is 0 Å². The zero-order valence-electron chi connectivity index (χ0n) is 9.02. The van der Waals surface area contributed by atoms with Gasteiger partial charge in [-0.25, -0.2) is 9.97 Å². The van der Waals surface area contributed by atoms with Crippen molar-refractivity contribution in [1.29, 1.82) is 0 Å². The topological polar surface area (TPSA) is 77.8 Å². The molecule has 4 nitrogen and oxygen atoms in total. The summed E-state index contributed by atoms with van der Waals surface area (Å²) in [6.07, 6.45) is 10.6. The van der Waals surface area contributed by atoms with E-state index in [9.17, 15) is 0 Å². The van der Waals surface area contributed by atoms with Crippen LogP contribution in [0.5, 0.6) is 0 Å². The average molecular weight is 226 g/mol. The molecular formula is C10H18N4S. The predicted octanol–water partition coefficient (Wildman–Crippen LogP) is 1.67. The zero-order chi connectivity index (χ0) is 11.1. The fourth-order valence-electron chi connectivity index (χ4n) is 1.39. The SMILES string of the molecule is CSc1cnc(N)nc1.NC1CCCC1. The molecule has 0 aliphatic heterocycles. The summed E-state index contributed by atoms with van der Waals surface area (Å²) in [4.78, 5) is 8.62. The van der Waals surface area contributed by atoms with E-state index in [1.807, 2.05) is 6.26 Å². The normalized spacial score (nSPS) is 15.9. The highest BCUT2D eigenvalue weighted by Gasteiger charge is 2.07. The van der Waals surface area contributed by atoms with Crippen LogP contribution in [0.3, 0.4) is 0 Å². The van der Waals surface area contributed by atoms with Crippen molar-refractivity contribution in [3.8, 4) is 0 Å². The summed E-state index contributed by atoms with van der Waals surface area (Å²) >= 11 is 1.60. The van der Waals surface area contributed by atoms with Gasteiger partial charge < -0.3 is 11.5 Å². The van der Waals surface area contributed by atoms with Gasteiger partial charge in [0.25, 0.3) is 0 Å². The third-order valence-corrected chi connectivity index (χ3v) is 2.97. The van der Waals surface area contributed by atoms with E-state index in [1.54, 1.807) is 24.2 Å². The minimum absolute atomic E-state index is 0.327. The summed E-state index contributed by atoms with van der Waals surface area (Å²) in [5.74, 6) is 0.327. The van der Waals surface area contributed by atoms with Gasteiger partial charge in [0.2, 0.25) is 5.95 Å². The van der Waals surface area contributed by atoms with Gasteiger partial charge in [-0.3, -0.25) is 0 Å². The van der Waals surface area contributed by atoms with Crippen molar-refractivity contribution in [3.63, 3.8) is 0 Å². The quantitative estimate of drug-likeness (QED) is 0.712. The van der Waals surface area contributed by atoms with E-state index in [1.165, 1.54) is 25.7 Å². The van der Waals surface area contributed by atoms with Gasteiger partial charge in [0, 0.05) is 23.3 Å². The molecule has 0 bridgehead atoms. The highest BCUT2D eigenvalue weighted by molar-refractivity contribution is 7.98. The van der Waals surface area contributed by atoms with Crippen LogP contribution in [0.15, 0.2) is 17.3 Å². The molecule has 1 aromatic heterocycles. The van der Waals surface area contributed by atoms with Crippen LogP contribution in [-0.4, -0.2) is 22.3 Å².